The molecule has 67 heavy (non-hydrogen) atoms. The second-order valence-electron chi connectivity index (χ2n) is 19.7. The van der Waals surface area contributed by atoms with Gasteiger partial charge in [0.15, 0.2) is 0 Å². The molecule has 0 aromatic heterocycles. The molecule has 13 heteroatoms. The monoisotopic (exact) mass is 1050 g/mol. The highest BCUT2D eigenvalue weighted by molar-refractivity contribution is 14.1. The topological polar surface area (TPSA) is 148 Å². The molecule has 0 atom stereocenters. The number of halogens is 1. The number of amides is 2. The maximum absolute atomic E-state index is 11.6. The normalized spacial score (nSPS) is 11.2. The molecule has 0 aliphatic carbocycles. The van der Waals surface area contributed by atoms with Crippen molar-refractivity contribution in [1.29, 1.82) is 0 Å². The standard InChI is InChI=1S/C27H41NO5.C18H27IO3.C9H15NO2/c1-26(2,3)32-24(29)21-31-20-14-8-7-9-15-22-16-10-11-17-23(22)18-12-13-19-28-25(30)33-27(4,5)6;1-18(2,3)22-17(20)14-21-13-9-5-4-6-10-15-11-7-8-12-16(15)19;1-5-6-7-10-8(11)12-9(2,3)4/h10-11,16-17H,7-9,13-15,19-21H2,1-6H3,(H,28,30);7-8,11-12H,4-6,9-10,13-14H2,1-3H3;1H,6-7H2,2-4H3,(H,10,11). The third-order valence-electron chi connectivity index (χ3n) is 8.30. The first kappa shape index (κ1) is 62.7. The maximum atomic E-state index is 11.6. The SMILES string of the molecule is C#CCCNC(=O)OC(C)(C)C.CC(C)(C)OC(=O)COCCCCCCc1ccccc1C#CCCNC(=O)OC(C)(C)C.CC(C)(C)OC(=O)COCCCCCCc1ccccc1I. The number of esters is 2. The molecule has 0 radical (unpaired) electrons. The van der Waals surface area contributed by atoms with Gasteiger partial charge >= 0.3 is 24.1 Å². The number of nitrogens with one attached hydrogen (secondary N) is 2. The fraction of sp³-hybridized carbons (Fsp3) is 0.630. The van der Waals surface area contributed by atoms with Crippen LogP contribution in [-0.2, 0) is 50.9 Å². The van der Waals surface area contributed by atoms with Crippen molar-refractivity contribution in [1.82, 2.24) is 10.6 Å². The minimum atomic E-state index is -0.498. The number of rotatable bonds is 22. The van der Waals surface area contributed by atoms with Gasteiger partial charge < -0.3 is 39.1 Å². The van der Waals surface area contributed by atoms with E-state index in [0.717, 1.165) is 56.9 Å². The molecule has 2 N–H and O–H groups in total. The Bertz CT molecular complexity index is 1820. The van der Waals surface area contributed by atoms with Gasteiger partial charge in [0.25, 0.3) is 0 Å². The number of ether oxygens (including phenoxy) is 6. The van der Waals surface area contributed by atoms with E-state index in [0.29, 0.717) is 39.1 Å². The van der Waals surface area contributed by atoms with E-state index in [9.17, 15) is 19.2 Å². The van der Waals surface area contributed by atoms with Crippen molar-refractivity contribution in [3.63, 3.8) is 0 Å². The second-order valence-corrected chi connectivity index (χ2v) is 20.9. The summed E-state index contributed by atoms with van der Waals surface area (Å²) in [5.41, 5.74) is 1.86. The molecule has 0 unspecified atom stereocenters. The van der Waals surface area contributed by atoms with Gasteiger partial charge in [-0.1, -0.05) is 73.9 Å². The minimum Gasteiger partial charge on any atom is -0.458 e. The first-order valence-electron chi connectivity index (χ1n) is 23.6. The second kappa shape index (κ2) is 34.9. The Morgan fingerprint density at radius 2 is 0.940 bits per heavy atom. The van der Waals surface area contributed by atoms with Crippen LogP contribution in [0, 0.1) is 27.8 Å². The van der Waals surface area contributed by atoms with Crippen molar-refractivity contribution in [2.45, 2.75) is 183 Å². The molecule has 0 spiro atoms. The van der Waals surface area contributed by atoms with Crippen molar-refractivity contribution in [3.05, 3.63) is 68.8 Å². The minimum absolute atomic E-state index is 0.0105. The third-order valence-corrected chi connectivity index (χ3v) is 9.36. The molecule has 2 aromatic carbocycles. The number of carbonyl (C=O) groups excluding carboxylic acids is 4. The van der Waals surface area contributed by atoms with Crippen LogP contribution in [0.1, 0.15) is 164 Å². The van der Waals surface area contributed by atoms with Crippen LogP contribution in [0.25, 0.3) is 0 Å². The van der Waals surface area contributed by atoms with E-state index in [1.807, 2.05) is 101 Å². The van der Waals surface area contributed by atoms with Gasteiger partial charge in [-0.3, -0.25) is 0 Å². The Kier molecular flexibility index (Phi) is 32.7. The summed E-state index contributed by atoms with van der Waals surface area (Å²) in [5.74, 6) is 8.17. The summed E-state index contributed by atoms with van der Waals surface area (Å²) < 4.78 is 32.7. The molecule has 2 aromatic rings. The predicted octanol–water partition coefficient (Wildman–Crippen LogP) is 11.7. The Labute approximate surface area is 418 Å². The van der Waals surface area contributed by atoms with Gasteiger partial charge in [-0.05, 0) is 167 Å². The first-order valence-corrected chi connectivity index (χ1v) is 24.6. The number of carbonyl (C=O) groups is 4. The highest BCUT2D eigenvalue weighted by Gasteiger charge is 2.18. The van der Waals surface area contributed by atoms with Crippen molar-refractivity contribution < 1.29 is 47.6 Å². The number of hydrogen-bond acceptors (Lipinski definition) is 10. The lowest BCUT2D eigenvalue weighted by atomic mass is 10.0. The molecule has 0 fully saturated rings. The van der Waals surface area contributed by atoms with Gasteiger partial charge in [0.2, 0.25) is 0 Å². The number of hydrogen-bond donors (Lipinski definition) is 2. The van der Waals surface area contributed by atoms with E-state index in [-0.39, 0.29) is 25.2 Å². The molecule has 2 rings (SSSR count). The van der Waals surface area contributed by atoms with Crippen LogP contribution in [0.15, 0.2) is 48.5 Å². The third kappa shape index (κ3) is 41.6. The summed E-state index contributed by atoms with van der Waals surface area (Å²) >= 11 is 2.39. The summed E-state index contributed by atoms with van der Waals surface area (Å²) in [4.78, 5) is 45.6. The molecule has 0 saturated carbocycles. The number of unbranched alkanes of at least 4 members (excludes halogenated alkanes) is 6. The van der Waals surface area contributed by atoms with E-state index in [2.05, 4.69) is 81.3 Å². The van der Waals surface area contributed by atoms with Gasteiger partial charge in [0, 0.05) is 48.3 Å². The van der Waals surface area contributed by atoms with E-state index in [1.165, 1.54) is 27.5 Å². The van der Waals surface area contributed by atoms with E-state index in [1.54, 1.807) is 0 Å². The lowest BCUT2D eigenvalue weighted by molar-refractivity contribution is -0.161. The molecule has 0 bridgehead atoms. The van der Waals surface area contributed by atoms with Crippen LogP contribution < -0.4 is 10.6 Å². The largest absolute Gasteiger partial charge is 0.458 e. The fourth-order valence-electron chi connectivity index (χ4n) is 5.61. The van der Waals surface area contributed by atoms with Crippen LogP contribution in [0.3, 0.4) is 0 Å². The molecule has 2 amide bonds. The van der Waals surface area contributed by atoms with Crippen LogP contribution in [-0.4, -0.2) is 86.0 Å². The molecule has 376 valence electrons. The maximum Gasteiger partial charge on any atom is 0.407 e. The van der Waals surface area contributed by atoms with Crippen LogP contribution in [0.2, 0.25) is 0 Å². The van der Waals surface area contributed by atoms with Crippen LogP contribution >= 0.6 is 22.6 Å². The number of terminal acetylenes is 1. The quantitative estimate of drug-likeness (QED) is 0.0384. The van der Waals surface area contributed by atoms with Gasteiger partial charge in [0.05, 0.1) is 0 Å². The summed E-state index contributed by atoms with van der Waals surface area (Å²) in [7, 11) is 0. The molecule has 0 saturated heterocycles. The summed E-state index contributed by atoms with van der Waals surface area (Å²) in [6.07, 6.45) is 16.0. The zero-order valence-corrected chi connectivity index (χ0v) is 45.0. The average molecular weight is 1050 g/mol. The van der Waals surface area contributed by atoms with Gasteiger partial charge in [0.1, 0.15) is 35.6 Å². The summed E-state index contributed by atoms with van der Waals surface area (Å²) in [6.45, 7) is 24.3. The van der Waals surface area contributed by atoms with Crippen molar-refractivity contribution in [2.75, 3.05) is 39.5 Å². The number of benzene rings is 2. The van der Waals surface area contributed by atoms with E-state index >= 15 is 0 Å². The molecule has 0 heterocycles. The van der Waals surface area contributed by atoms with E-state index < -0.39 is 34.6 Å². The lowest BCUT2D eigenvalue weighted by Crippen LogP contribution is -2.32. The first-order chi connectivity index (χ1) is 31.3. The molecule has 0 aliphatic rings. The summed E-state index contributed by atoms with van der Waals surface area (Å²) in [6, 6.07) is 16.7. The Morgan fingerprint density at radius 1 is 0.537 bits per heavy atom. The number of aryl methyl sites for hydroxylation is 2. The molecular weight excluding hydrogens is 964 g/mol. The smallest absolute Gasteiger partial charge is 0.407 e. The van der Waals surface area contributed by atoms with Crippen molar-refractivity contribution in [3.8, 4) is 24.2 Å². The average Bonchev–Trinajstić information content (AvgIpc) is 3.19. The highest BCUT2D eigenvalue weighted by Crippen LogP contribution is 2.16. The van der Waals surface area contributed by atoms with Crippen molar-refractivity contribution >= 4 is 46.7 Å². The van der Waals surface area contributed by atoms with Gasteiger partial charge in [-0.15, -0.1) is 12.3 Å². The summed E-state index contributed by atoms with van der Waals surface area (Å²) in [5, 5.41) is 5.26. The fourth-order valence-corrected chi connectivity index (χ4v) is 6.27. The highest BCUT2D eigenvalue weighted by atomic mass is 127. The number of alkyl carbamates (subject to hydrolysis) is 2. The Balaban J connectivity index is 0.00000110. The molecular formula is C54H83IN2O10. The zero-order valence-electron chi connectivity index (χ0n) is 42.9. The Hall–Kier alpha value is -4.31. The lowest BCUT2D eigenvalue weighted by Gasteiger charge is -2.19. The van der Waals surface area contributed by atoms with E-state index in [4.69, 9.17) is 34.8 Å². The van der Waals surface area contributed by atoms with Crippen LogP contribution in [0.4, 0.5) is 9.59 Å². The zero-order chi connectivity index (χ0) is 50.8. The van der Waals surface area contributed by atoms with Crippen molar-refractivity contribution in [2.24, 2.45) is 0 Å². The molecule has 0 aliphatic heterocycles. The molecule has 12 nitrogen and oxygen atoms in total. The van der Waals surface area contributed by atoms with Crippen LogP contribution in [0.5, 0.6) is 0 Å². The van der Waals surface area contributed by atoms with Gasteiger partial charge in [-0.2, -0.15) is 0 Å². The van der Waals surface area contributed by atoms with Gasteiger partial charge in [-0.25, -0.2) is 19.2 Å². The predicted molar refractivity (Wildman–Crippen MR) is 277 cm³/mol. The Morgan fingerprint density at radius 3 is 1.39 bits per heavy atom.